The van der Waals surface area contributed by atoms with E-state index in [1.165, 1.54) is 0 Å². The molecule has 1 fully saturated rings. The van der Waals surface area contributed by atoms with E-state index in [-0.39, 0.29) is 11.8 Å². The van der Waals surface area contributed by atoms with Crippen LogP contribution in [0.4, 0.5) is 5.69 Å². The molecule has 1 aliphatic rings. The van der Waals surface area contributed by atoms with Gasteiger partial charge in [-0.2, -0.15) is 4.98 Å². The predicted octanol–water partition coefficient (Wildman–Crippen LogP) is 3.67. The van der Waals surface area contributed by atoms with Gasteiger partial charge < -0.3 is 23.6 Å². The summed E-state index contributed by atoms with van der Waals surface area (Å²) in [6.45, 7) is 3.03. The first-order valence-electron chi connectivity index (χ1n) is 9.72. The highest BCUT2D eigenvalue weighted by molar-refractivity contribution is 5.96. The first kappa shape index (κ1) is 19.8. The number of methoxy groups -OCH3 is 2. The van der Waals surface area contributed by atoms with Crippen LogP contribution in [0, 0.1) is 0 Å². The molecule has 0 saturated carbocycles. The van der Waals surface area contributed by atoms with E-state index in [1.54, 1.807) is 37.3 Å². The van der Waals surface area contributed by atoms with Gasteiger partial charge in [0, 0.05) is 30.6 Å². The highest BCUT2D eigenvalue weighted by atomic mass is 16.5. The predicted molar refractivity (Wildman–Crippen MR) is 110 cm³/mol. The van der Waals surface area contributed by atoms with Crippen molar-refractivity contribution in [2.75, 3.05) is 32.3 Å². The van der Waals surface area contributed by atoms with E-state index < -0.39 is 0 Å². The quantitative estimate of drug-likeness (QED) is 0.588. The maximum Gasteiger partial charge on any atom is 0.261 e. The number of anilines is 1. The molecule has 1 saturated heterocycles. The number of nitrogens with zero attached hydrogens (tertiary/aromatic N) is 3. The van der Waals surface area contributed by atoms with Gasteiger partial charge in [-0.1, -0.05) is 5.16 Å². The highest BCUT2D eigenvalue weighted by Gasteiger charge is 2.34. The average Bonchev–Trinajstić information content (AvgIpc) is 3.41. The minimum Gasteiger partial charge on any atom is -0.497 e. The molecule has 2 heterocycles. The lowest BCUT2D eigenvalue weighted by Crippen LogP contribution is -2.24. The van der Waals surface area contributed by atoms with Gasteiger partial charge in [-0.25, -0.2) is 0 Å². The standard InChI is InChI=1S/C22H23N3O5/c1-4-29-16-7-5-15(6-8-16)25-13-14(11-20(25)26)21-23-22(30-24-21)18-10-9-17(27-2)12-19(18)28-3/h5-10,12,14H,4,11,13H2,1-3H3. The lowest BCUT2D eigenvalue weighted by molar-refractivity contribution is -0.117. The van der Waals surface area contributed by atoms with Crippen LogP contribution in [0.15, 0.2) is 47.0 Å². The van der Waals surface area contributed by atoms with Crippen molar-refractivity contribution < 1.29 is 23.5 Å². The van der Waals surface area contributed by atoms with Gasteiger partial charge in [-0.05, 0) is 43.3 Å². The Bertz CT molecular complexity index is 1030. The molecule has 8 nitrogen and oxygen atoms in total. The number of benzene rings is 2. The van der Waals surface area contributed by atoms with Gasteiger partial charge in [0.25, 0.3) is 5.89 Å². The summed E-state index contributed by atoms with van der Waals surface area (Å²) in [5, 5.41) is 4.12. The first-order valence-corrected chi connectivity index (χ1v) is 9.72. The number of aromatic nitrogens is 2. The monoisotopic (exact) mass is 409 g/mol. The van der Waals surface area contributed by atoms with E-state index >= 15 is 0 Å². The number of amides is 1. The van der Waals surface area contributed by atoms with Crippen LogP contribution in [0.25, 0.3) is 11.5 Å². The SMILES string of the molecule is CCOc1ccc(N2CC(c3noc(-c4ccc(OC)cc4OC)n3)CC2=O)cc1. The lowest BCUT2D eigenvalue weighted by atomic mass is 10.1. The zero-order chi connectivity index (χ0) is 21.1. The van der Waals surface area contributed by atoms with E-state index in [4.69, 9.17) is 18.7 Å². The van der Waals surface area contributed by atoms with Crippen LogP contribution in [-0.2, 0) is 4.79 Å². The Morgan fingerprint density at radius 1 is 1.10 bits per heavy atom. The summed E-state index contributed by atoms with van der Waals surface area (Å²) in [5.41, 5.74) is 1.50. The third-order valence-corrected chi connectivity index (χ3v) is 5.03. The number of ether oxygens (including phenoxy) is 3. The van der Waals surface area contributed by atoms with Gasteiger partial charge >= 0.3 is 0 Å². The largest absolute Gasteiger partial charge is 0.497 e. The molecule has 1 amide bonds. The Morgan fingerprint density at radius 2 is 1.87 bits per heavy atom. The Morgan fingerprint density at radius 3 is 2.57 bits per heavy atom. The summed E-state index contributed by atoms with van der Waals surface area (Å²) in [6, 6.07) is 12.9. The van der Waals surface area contributed by atoms with Crippen molar-refractivity contribution in [2.45, 2.75) is 19.3 Å². The van der Waals surface area contributed by atoms with Gasteiger partial charge in [0.05, 0.1) is 26.4 Å². The number of rotatable bonds is 7. The van der Waals surface area contributed by atoms with Gasteiger partial charge in [0.1, 0.15) is 17.2 Å². The molecule has 3 aromatic rings. The summed E-state index contributed by atoms with van der Waals surface area (Å²) in [4.78, 5) is 18.9. The molecule has 156 valence electrons. The average molecular weight is 409 g/mol. The second kappa shape index (κ2) is 8.44. The third kappa shape index (κ3) is 3.80. The fourth-order valence-corrected chi connectivity index (χ4v) is 3.50. The van der Waals surface area contributed by atoms with E-state index in [2.05, 4.69) is 10.1 Å². The van der Waals surface area contributed by atoms with Crippen LogP contribution in [-0.4, -0.2) is 43.4 Å². The molecule has 0 spiro atoms. The van der Waals surface area contributed by atoms with Crippen molar-refractivity contribution in [1.82, 2.24) is 10.1 Å². The van der Waals surface area contributed by atoms with E-state index in [1.807, 2.05) is 31.2 Å². The van der Waals surface area contributed by atoms with Crippen molar-refractivity contribution in [3.63, 3.8) is 0 Å². The summed E-state index contributed by atoms with van der Waals surface area (Å²) < 4.78 is 21.6. The highest BCUT2D eigenvalue weighted by Crippen LogP contribution is 2.35. The van der Waals surface area contributed by atoms with E-state index in [0.717, 1.165) is 11.4 Å². The molecule has 0 radical (unpaired) electrons. The van der Waals surface area contributed by atoms with Crippen LogP contribution in [0.1, 0.15) is 25.1 Å². The fraction of sp³-hybridized carbons (Fsp3) is 0.318. The topological polar surface area (TPSA) is 86.9 Å². The van der Waals surface area contributed by atoms with Crippen molar-refractivity contribution in [1.29, 1.82) is 0 Å². The molecule has 0 aliphatic carbocycles. The Kier molecular flexibility index (Phi) is 5.56. The van der Waals surface area contributed by atoms with Crippen LogP contribution in [0.2, 0.25) is 0 Å². The maximum absolute atomic E-state index is 12.6. The van der Waals surface area contributed by atoms with Crippen molar-refractivity contribution in [3.05, 3.63) is 48.3 Å². The maximum atomic E-state index is 12.6. The minimum absolute atomic E-state index is 0.0255. The van der Waals surface area contributed by atoms with Crippen molar-refractivity contribution >= 4 is 11.6 Å². The molecule has 2 aromatic carbocycles. The smallest absolute Gasteiger partial charge is 0.261 e. The van der Waals surface area contributed by atoms with Crippen molar-refractivity contribution in [3.8, 4) is 28.7 Å². The summed E-state index contributed by atoms with van der Waals surface area (Å²) in [5.74, 6) is 2.75. The molecular weight excluding hydrogens is 386 g/mol. The molecule has 0 N–H and O–H groups in total. The molecule has 1 unspecified atom stereocenters. The van der Waals surface area contributed by atoms with Crippen LogP contribution in [0.5, 0.6) is 17.2 Å². The minimum atomic E-state index is -0.147. The molecule has 8 heteroatoms. The molecule has 1 aliphatic heterocycles. The zero-order valence-corrected chi connectivity index (χ0v) is 17.1. The number of hydrogen-bond acceptors (Lipinski definition) is 7. The summed E-state index contributed by atoms with van der Waals surface area (Å²) in [7, 11) is 3.16. The molecule has 0 bridgehead atoms. The van der Waals surface area contributed by atoms with E-state index in [9.17, 15) is 4.79 Å². The normalized spacial score (nSPS) is 16.0. The summed E-state index contributed by atoms with van der Waals surface area (Å²) >= 11 is 0. The Balaban J connectivity index is 1.52. The number of hydrogen-bond donors (Lipinski definition) is 0. The van der Waals surface area contributed by atoms with Crippen LogP contribution < -0.4 is 19.1 Å². The summed E-state index contributed by atoms with van der Waals surface area (Å²) in [6.07, 6.45) is 0.325. The number of carbonyl (C=O) groups excluding carboxylic acids is 1. The number of carbonyl (C=O) groups is 1. The second-order valence-corrected chi connectivity index (χ2v) is 6.86. The van der Waals surface area contributed by atoms with Crippen LogP contribution >= 0.6 is 0 Å². The molecule has 4 rings (SSSR count). The lowest BCUT2D eigenvalue weighted by Gasteiger charge is -2.16. The van der Waals surface area contributed by atoms with E-state index in [0.29, 0.717) is 48.4 Å². The fourth-order valence-electron chi connectivity index (χ4n) is 3.50. The molecular formula is C22H23N3O5. The Labute approximate surface area is 174 Å². The molecule has 1 aromatic heterocycles. The van der Waals surface area contributed by atoms with Gasteiger partial charge in [-0.3, -0.25) is 4.79 Å². The molecule has 30 heavy (non-hydrogen) atoms. The Hall–Kier alpha value is -3.55. The van der Waals surface area contributed by atoms with Crippen molar-refractivity contribution in [2.24, 2.45) is 0 Å². The first-order chi connectivity index (χ1) is 14.6. The van der Waals surface area contributed by atoms with Gasteiger partial charge in [0.15, 0.2) is 5.82 Å². The third-order valence-electron chi connectivity index (χ3n) is 5.03. The second-order valence-electron chi connectivity index (χ2n) is 6.86. The zero-order valence-electron chi connectivity index (χ0n) is 17.1. The molecule has 1 atom stereocenters. The van der Waals surface area contributed by atoms with Gasteiger partial charge in [0.2, 0.25) is 5.91 Å². The van der Waals surface area contributed by atoms with Crippen LogP contribution in [0.3, 0.4) is 0 Å². The van der Waals surface area contributed by atoms with Gasteiger partial charge in [-0.15, -0.1) is 0 Å².